The molecule has 1 aliphatic rings. The molecule has 39 heavy (non-hydrogen) atoms. The molecule has 1 fully saturated rings. The van der Waals surface area contributed by atoms with Crippen LogP contribution in [0.25, 0.3) is 0 Å². The van der Waals surface area contributed by atoms with Crippen LogP contribution in [-0.4, -0.2) is 68.3 Å². The maximum Gasteiger partial charge on any atom is 0.573 e. The van der Waals surface area contributed by atoms with Crippen molar-refractivity contribution in [3.63, 3.8) is 0 Å². The van der Waals surface area contributed by atoms with E-state index in [2.05, 4.69) is 35.2 Å². The van der Waals surface area contributed by atoms with Crippen molar-refractivity contribution in [2.75, 3.05) is 37.8 Å². The second kappa shape index (κ2) is 12.4. The summed E-state index contributed by atoms with van der Waals surface area (Å²) < 4.78 is 69.2. The van der Waals surface area contributed by atoms with Gasteiger partial charge in [-0.05, 0) is 70.4 Å². The molecule has 1 aliphatic heterocycles. The summed E-state index contributed by atoms with van der Waals surface area (Å²) in [4.78, 5) is 14.2. The first-order valence-electron chi connectivity index (χ1n) is 12.0. The molecule has 3 rings (SSSR count). The Balaban J connectivity index is 1.95. The number of hydrogen-bond donors (Lipinski definition) is 3. The molecule has 0 radical (unpaired) electrons. The van der Waals surface area contributed by atoms with Crippen molar-refractivity contribution < 1.29 is 26.3 Å². The molecule has 0 spiro atoms. The molecule has 0 amide bonds. The van der Waals surface area contributed by atoms with E-state index in [1.807, 2.05) is 7.05 Å². The summed E-state index contributed by atoms with van der Waals surface area (Å²) in [5, 5.41) is 4.18. The summed E-state index contributed by atoms with van der Waals surface area (Å²) in [5.74, 6) is -0.504. The molecule has 1 aromatic heterocycles. The predicted molar refractivity (Wildman–Crippen MR) is 146 cm³/mol. The number of halogens is 4. The normalized spacial score (nSPS) is 16.4. The number of ether oxygens (including phenoxy) is 1. The summed E-state index contributed by atoms with van der Waals surface area (Å²) in [6, 6.07) is 4.59. The van der Waals surface area contributed by atoms with Crippen LogP contribution in [0.4, 0.5) is 30.6 Å². The van der Waals surface area contributed by atoms with Gasteiger partial charge in [0.15, 0.2) is 26.4 Å². The highest BCUT2D eigenvalue weighted by Gasteiger charge is 2.33. The summed E-state index contributed by atoms with van der Waals surface area (Å²) in [7, 11) is -0.432. The molecule has 0 aliphatic carbocycles. The first-order valence-corrected chi connectivity index (χ1v) is 13.9. The Morgan fingerprint density at radius 1 is 1.31 bits per heavy atom. The number of allylic oxidation sites excluding steroid dienone is 1. The number of alkyl halides is 3. The number of aromatic nitrogens is 2. The zero-order valence-corrected chi connectivity index (χ0v) is 23.5. The molecule has 1 saturated heterocycles. The highest BCUT2D eigenvalue weighted by Crippen LogP contribution is 2.37. The number of rotatable bonds is 9. The van der Waals surface area contributed by atoms with E-state index in [4.69, 9.17) is 17.3 Å². The van der Waals surface area contributed by atoms with E-state index in [9.17, 15) is 21.6 Å². The largest absolute Gasteiger partial charge is 0.573 e. The minimum absolute atomic E-state index is 0.00155. The number of aliphatic imine (C=N–C) groups is 1. The van der Waals surface area contributed by atoms with Gasteiger partial charge >= 0.3 is 6.36 Å². The van der Waals surface area contributed by atoms with Crippen molar-refractivity contribution >= 4 is 45.1 Å². The number of benzene rings is 1. The summed E-state index contributed by atoms with van der Waals surface area (Å²) in [5.41, 5.74) is 6.55. The molecule has 0 atom stereocenters. The van der Waals surface area contributed by atoms with E-state index in [-0.39, 0.29) is 34.1 Å². The van der Waals surface area contributed by atoms with Crippen molar-refractivity contribution in [2.24, 2.45) is 10.7 Å². The quantitative estimate of drug-likeness (QED) is 0.357. The van der Waals surface area contributed by atoms with Gasteiger partial charge in [-0.25, -0.2) is 13.4 Å². The van der Waals surface area contributed by atoms with Crippen LogP contribution in [0.2, 0.25) is 5.02 Å². The van der Waals surface area contributed by atoms with Crippen LogP contribution in [0.15, 0.2) is 40.1 Å². The van der Waals surface area contributed by atoms with Crippen molar-refractivity contribution in [3.05, 3.63) is 45.7 Å². The van der Waals surface area contributed by atoms with Gasteiger partial charge < -0.3 is 26.0 Å². The molecule has 0 bridgehead atoms. The third-order valence-corrected chi connectivity index (χ3v) is 8.47. The first kappa shape index (κ1) is 30.4. The van der Waals surface area contributed by atoms with Gasteiger partial charge in [0.1, 0.15) is 5.02 Å². The zero-order valence-electron chi connectivity index (χ0n) is 21.9. The highest BCUT2D eigenvalue weighted by molar-refractivity contribution is 7.95. The van der Waals surface area contributed by atoms with Gasteiger partial charge in [0.2, 0.25) is 5.95 Å². The van der Waals surface area contributed by atoms with Gasteiger partial charge in [0.25, 0.3) is 0 Å². The number of sulfone groups is 1. The maximum absolute atomic E-state index is 13.3. The van der Waals surface area contributed by atoms with E-state index in [1.165, 1.54) is 45.4 Å². The van der Waals surface area contributed by atoms with Crippen molar-refractivity contribution in [3.8, 4) is 5.75 Å². The fraction of sp³-hybridized carbons (Fsp3) is 0.458. The third kappa shape index (κ3) is 7.96. The standard InChI is InChI=1S/C24H31ClF3N7O3S/c1-14(2)39(36,37)21(29)19(13-30-3)32-22-17(25)12-31-23(34-22)33-18-6-5-16(11-20(18)38-24(26,27)28)15-7-9-35(4)10-8-15/h5-6,11-15H,7-10,29H2,1-4H3,(H2,31,32,33,34). The second-order valence-corrected chi connectivity index (χ2v) is 12.2. The molecular formula is C24H31ClF3N7O3S. The Kier molecular flexibility index (Phi) is 9.67. The van der Waals surface area contributed by atoms with Crippen LogP contribution in [0.5, 0.6) is 5.75 Å². The van der Waals surface area contributed by atoms with Crippen LogP contribution in [-0.2, 0) is 9.84 Å². The summed E-state index contributed by atoms with van der Waals surface area (Å²) in [6.07, 6.45) is -0.899. The molecule has 0 saturated carbocycles. The van der Waals surface area contributed by atoms with Gasteiger partial charge in [-0.15, -0.1) is 13.2 Å². The summed E-state index contributed by atoms with van der Waals surface area (Å²) >= 11 is 6.21. The lowest BCUT2D eigenvalue weighted by atomic mass is 9.89. The van der Waals surface area contributed by atoms with E-state index < -0.39 is 32.2 Å². The van der Waals surface area contributed by atoms with Crippen molar-refractivity contribution in [1.29, 1.82) is 0 Å². The lowest BCUT2D eigenvalue weighted by Crippen LogP contribution is -2.29. The molecule has 15 heteroatoms. The second-order valence-electron chi connectivity index (χ2n) is 9.28. The number of nitrogens with zero attached hydrogens (tertiary/aromatic N) is 4. The SMILES string of the molecule is CN=CC(Nc1nc(Nc2ccc(C3CCN(C)CC3)cc2OC(F)(F)F)ncc1Cl)=C(N)S(=O)(=O)C(C)C. The molecule has 4 N–H and O–H groups in total. The fourth-order valence-corrected chi connectivity index (χ4v) is 4.96. The number of anilines is 3. The Labute approximate surface area is 230 Å². The van der Waals surface area contributed by atoms with Crippen LogP contribution >= 0.6 is 11.6 Å². The maximum atomic E-state index is 13.3. The predicted octanol–water partition coefficient (Wildman–Crippen LogP) is 4.64. The number of piperidine rings is 1. The van der Waals surface area contributed by atoms with Gasteiger partial charge in [0, 0.05) is 13.3 Å². The first-order chi connectivity index (χ1) is 18.2. The number of nitrogens with one attached hydrogen (secondary N) is 2. The summed E-state index contributed by atoms with van der Waals surface area (Å²) in [6.45, 7) is 4.63. The Hall–Kier alpha value is -3.10. The zero-order chi connectivity index (χ0) is 29.0. The lowest BCUT2D eigenvalue weighted by Gasteiger charge is -2.29. The van der Waals surface area contributed by atoms with E-state index >= 15 is 0 Å². The van der Waals surface area contributed by atoms with E-state index in [0.717, 1.165) is 31.5 Å². The van der Waals surface area contributed by atoms with Crippen LogP contribution in [0.1, 0.15) is 38.2 Å². The minimum Gasteiger partial charge on any atom is -0.404 e. The van der Waals surface area contributed by atoms with E-state index in [0.29, 0.717) is 0 Å². The molecule has 0 unspecified atom stereocenters. The highest BCUT2D eigenvalue weighted by atomic mass is 35.5. The molecule has 214 valence electrons. The Bertz CT molecular complexity index is 1340. The van der Waals surface area contributed by atoms with Gasteiger partial charge in [-0.3, -0.25) is 4.99 Å². The van der Waals surface area contributed by atoms with Crippen LogP contribution < -0.4 is 21.1 Å². The number of nitrogens with two attached hydrogens (primary N) is 1. The van der Waals surface area contributed by atoms with Crippen molar-refractivity contribution in [1.82, 2.24) is 14.9 Å². The average Bonchev–Trinajstić information content (AvgIpc) is 2.85. The van der Waals surface area contributed by atoms with Gasteiger partial charge in [-0.1, -0.05) is 17.7 Å². The lowest BCUT2D eigenvalue weighted by molar-refractivity contribution is -0.274. The molecular weight excluding hydrogens is 559 g/mol. The number of hydrogen-bond acceptors (Lipinski definition) is 10. The Morgan fingerprint density at radius 3 is 2.56 bits per heavy atom. The molecule has 10 nitrogen and oxygen atoms in total. The minimum atomic E-state index is -4.92. The van der Waals surface area contributed by atoms with Crippen LogP contribution in [0, 0.1) is 0 Å². The Morgan fingerprint density at radius 2 is 1.97 bits per heavy atom. The van der Waals surface area contributed by atoms with Crippen LogP contribution in [0.3, 0.4) is 0 Å². The van der Waals surface area contributed by atoms with Gasteiger partial charge in [-0.2, -0.15) is 4.98 Å². The topological polar surface area (TPSA) is 135 Å². The van der Waals surface area contributed by atoms with Gasteiger partial charge in [0.05, 0.1) is 22.8 Å². The monoisotopic (exact) mass is 589 g/mol. The smallest absolute Gasteiger partial charge is 0.404 e. The molecule has 2 aromatic rings. The molecule has 1 aromatic carbocycles. The van der Waals surface area contributed by atoms with Crippen molar-refractivity contribution in [2.45, 2.75) is 44.2 Å². The third-order valence-electron chi connectivity index (χ3n) is 6.12. The molecule has 2 heterocycles. The fourth-order valence-electron chi connectivity index (χ4n) is 3.90. The average molecular weight is 590 g/mol. The van der Waals surface area contributed by atoms with E-state index in [1.54, 1.807) is 6.07 Å². The number of likely N-dealkylation sites (tertiary alicyclic amines) is 1.